The summed E-state index contributed by atoms with van der Waals surface area (Å²) in [5.74, 6) is 1.39. The fraction of sp³-hybridized carbons (Fsp3) is 0.381. The number of thioether (sulfide) groups is 1. The van der Waals surface area contributed by atoms with Crippen molar-refractivity contribution in [2.45, 2.75) is 37.9 Å². The highest BCUT2D eigenvalue weighted by atomic mass is 32.2. The highest BCUT2D eigenvalue weighted by Crippen LogP contribution is 2.36. The van der Waals surface area contributed by atoms with Gasteiger partial charge < -0.3 is 9.47 Å². The minimum absolute atomic E-state index is 0.175. The Labute approximate surface area is 173 Å². The van der Waals surface area contributed by atoms with Gasteiger partial charge in [0.25, 0.3) is 0 Å². The topological polar surface area (TPSA) is 51.0 Å². The Kier molecular flexibility index (Phi) is 5.55. The van der Waals surface area contributed by atoms with Crippen LogP contribution in [0.3, 0.4) is 0 Å². The van der Waals surface area contributed by atoms with E-state index in [2.05, 4.69) is 47.6 Å². The van der Waals surface area contributed by atoms with Crippen LogP contribution in [-0.4, -0.2) is 37.9 Å². The fourth-order valence-electron chi connectivity index (χ4n) is 3.84. The number of nitrogens with zero attached hydrogens (tertiary/aromatic N) is 4. The van der Waals surface area contributed by atoms with E-state index in [-0.39, 0.29) is 11.9 Å². The molecule has 1 amide bonds. The van der Waals surface area contributed by atoms with E-state index in [0.717, 1.165) is 41.5 Å². The average molecular weight is 413 g/mol. The molecule has 0 aliphatic carbocycles. The zero-order chi connectivity index (χ0) is 19.7. The van der Waals surface area contributed by atoms with Crippen molar-refractivity contribution < 1.29 is 4.79 Å². The molecule has 7 heteroatoms. The van der Waals surface area contributed by atoms with Crippen LogP contribution in [0.1, 0.15) is 35.4 Å². The van der Waals surface area contributed by atoms with Gasteiger partial charge in [0.2, 0.25) is 5.91 Å². The second-order valence-electron chi connectivity index (χ2n) is 7.03. The van der Waals surface area contributed by atoms with Crippen LogP contribution in [0.15, 0.2) is 40.9 Å². The number of rotatable bonds is 5. The van der Waals surface area contributed by atoms with E-state index in [1.807, 2.05) is 40.0 Å². The minimum atomic E-state index is 0.175. The molecule has 1 unspecified atom stereocenters. The number of thiophene rings is 1. The molecule has 0 spiro atoms. The van der Waals surface area contributed by atoms with Crippen LogP contribution in [0, 0.1) is 6.92 Å². The van der Waals surface area contributed by atoms with E-state index in [9.17, 15) is 4.79 Å². The first-order chi connectivity index (χ1) is 13.6. The standard InChI is InChI=1S/C21H24N4OS2/c1-4-17-16-10-12-27-18(16)9-11-25(17)19(26)13-28-21-23-22-20(24(21)3)15-8-6-5-7-14(15)2/h5-8,10,12,17H,4,9,11,13H2,1-3H3. The molecule has 2 aromatic heterocycles. The maximum Gasteiger partial charge on any atom is 0.233 e. The summed E-state index contributed by atoms with van der Waals surface area (Å²) in [6.45, 7) is 5.03. The Bertz CT molecular complexity index is 994. The molecule has 0 saturated carbocycles. The summed E-state index contributed by atoms with van der Waals surface area (Å²) >= 11 is 3.27. The molecule has 0 saturated heterocycles. The van der Waals surface area contributed by atoms with Crippen LogP contribution < -0.4 is 0 Å². The maximum atomic E-state index is 13.0. The third-order valence-corrected chi connectivity index (χ3v) is 7.35. The van der Waals surface area contributed by atoms with Gasteiger partial charge in [-0.1, -0.05) is 43.0 Å². The quantitative estimate of drug-likeness (QED) is 0.580. The van der Waals surface area contributed by atoms with E-state index < -0.39 is 0 Å². The minimum Gasteiger partial charge on any atom is -0.335 e. The van der Waals surface area contributed by atoms with Gasteiger partial charge in [-0.15, -0.1) is 21.5 Å². The first kappa shape index (κ1) is 19.2. The van der Waals surface area contributed by atoms with Crippen LogP contribution >= 0.6 is 23.1 Å². The number of aromatic nitrogens is 3. The van der Waals surface area contributed by atoms with Gasteiger partial charge in [0, 0.05) is 24.0 Å². The summed E-state index contributed by atoms with van der Waals surface area (Å²) in [7, 11) is 1.96. The number of carbonyl (C=O) groups is 1. The maximum absolute atomic E-state index is 13.0. The van der Waals surface area contributed by atoms with Crippen molar-refractivity contribution in [2.24, 2.45) is 7.05 Å². The smallest absolute Gasteiger partial charge is 0.233 e. The zero-order valence-corrected chi connectivity index (χ0v) is 18.0. The molecule has 3 heterocycles. The van der Waals surface area contributed by atoms with Crippen LogP contribution in [0.25, 0.3) is 11.4 Å². The molecular formula is C21H24N4OS2. The van der Waals surface area contributed by atoms with E-state index in [4.69, 9.17) is 0 Å². The SMILES string of the molecule is CCC1c2ccsc2CCN1C(=O)CSc1nnc(-c2ccccc2C)n1C. The van der Waals surface area contributed by atoms with Crippen LogP contribution in [-0.2, 0) is 18.3 Å². The molecule has 1 aliphatic rings. The Hall–Kier alpha value is -2.12. The molecular weight excluding hydrogens is 388 g/mol. The van der Waals surface area contributed by atoms with Crippen molar-refractivity contribution in [3.05, 3.63) is 51.7 Å². The van der Waals surface area contributed by atoms with Crippen molar-refractivity contribution in [3.63, 3.8) is 0 Å². The second-order valence-corrected chi connectivity index (χ2v) is 8.97. The van der Waals surface area contributed by atoms with Crippen molar-refractivity contribution >= 4 is 29.0 Å². The molecule has 4 rings (SSSR count). The van der Waals surface area contributed by atoms with E-state index in [0.29, 0.717) is 5.75 Å². The van der Waals surface area contributed by atoms with E-state index in [1.54, 1.807) is 0 Å². The van der Waals surface area contributed by atoms with Gasteiger partial charge >= 0.3 is 0 Å². The lowest BCUT2D eigenvalue weighted by Crippen LogP contribution is -2.40. The van der Waals surface area contributed by atoms with Gasteiger partial charge in [0.05, 0.1) is 11.8 Å². The summed E-state index contributed by atoms with van der Waals surface area (Å²) in [6.07, 6.45) is 1.91. The number of fused-ring (bicyclic) bond motifs is 1. The largest absolute Gasteiger partial charge is 0.335 e. The Morgan fingerprint density at radius 2 is 2.11 bits per heavy atom. The van der Waals surface area contributed by atoms with Crippen molar-refractivity contribution in [3.8, 4) is 11.4 Å². The average Bonchev–Trinajstić information content (AvgIpc) is 3.32. The Balaban J connectivity index is 1.47. The van der Waals surface area contributed by atoms with E-state index >= 15 is 0 Å². The van der Waals surface area contributed by atoms with Crippen molar-refractivity contribution in [1.82, 2.24) is 19.7 Å². The van der Waals surface area contributed by atoms with Gasteiger partial charge in [-0.3, -0.25) is 4.79 Å². The summed E-state index contributed by atoms with van der Waals surface area (Å²) < 4.78 is 1.98. The lowest BCUT2D eigenvalue weighted by Gasteiger charge is -2.35. The predicted octanol–water partition coefficient (Wildman–Crippen LogP) is 4.48. The third-order valence-electron chi connectivity index (χ3n) is 5.35. The Morgan fingerprint density at radius 3 is 2.89 bits per heavy atom. The predicted molar refractivity (Wildman–Crippen MR) is 115 cm³/mol. The number of benzene rings is 1. The molecule has 0 radical (unpaired) electrons. The summed E-state index contributed by atoms with van der Waals surface area (Å²) in [4.78, 5) is 16.4. The summed E-state index contributed by atoms with van der Waals surface area (Å²) in [6, 6.07) is 10.5. The number of carbonyl (C=O) groups excluding carboxylic acids is 1. The molecule has 0 fully saturated rings. The fourth-order valence-corrected chi connectivity index (χ4v) is 5.57. The lowest BCUT2D eigenvalue weighted by molar-refractivity contribution is -0.131. The van der Waals surface area contributed by atoms with Gasteiger partial charge in [-0.25, -0.2) is 0 Å². The number of amides is 1. The molecule has 1 atom stereocenters. The lowest BCUT2D eigenvalue weighted by atomic mass is 9.98. The number of hydrogen-bond donors (Lipinski definition) is 0. The monoisotopic (exact) mass is 412 g/mol. The van der Waals surface area contributed by atoms with Crippen molar-refractivity contribution in [2.75, 3.05) is 12.3 Å². The first-order valence-electron chi connectivity index (χ1n) is 9.54. The van der Waals surface area contributed by atoms with Gasteiger partial charge in [-0.05, 0) is 42.3 Å². The zero-order valence-electron chi connectivity index (χ0n) is 16.4. The van der Waals surface area contributed by atoms with Gasteiger partial charge in [0.1, 0.15) is 0 Å². The van der Waals surface area contributed by atoms with Crippen LogP contribution in [0.2, 0.25) is 0 Å². The molecule has 0 bridgehead atoms. The van der Waals surface area contributed by atoms with Crippen LogP contribution in [0.5, 0.6) is 0 Å². The molecule has 1 aliphatic heterocycles. The summed E-state index contributed by atoms with van der Waals surface area (Å²) in [5.41, 5.74) is 3.57. The molecule has 5 nitrogen and oxygen atoms in total. The number of hydrogen-bond acceptors (Lipinski definition) is 5. The molecule has 1 aromatic carbocycles. The first-order valence-corrected chi connectivity index (χ1v) is 11.4. The molecule has 146 valence electrons. The normalized spacial score (nSPS) is 16.2. The molecule has 0 N–H and O–H groups in total. The van der Waals surface area contributed by atoms with Crippen LogP contribution in [0.4, 0.5) is 0 Å². The second kappa shape index (κ2) is 8.09. The van der Waals surface area contributed by atoms with Crippen molar-refractivity contribution in [1.29, 1.82) is 0 Å². The van der Waals surface area contributed by atoms with E-state index in [1.165, 1.54) is 22.2 Å². The van der Waals surface area contributed by atoms with Gasteiger partial charge in [0.15, 0.2) is 11.0 Å². The molecule has 28 heavy (non-hydrogen) atoms. The highest BCUT2D eigenvalue weighted by molar-refractivity contribution is 7.99. The van der Waals surface area contributed by atoms with Gasteiger partial charge in [-0.2, -0.15) is 0 Å². The summed E-state index contributed by atoms with van der Waals surface area (Å²) in [5, 5.41) is 11.6. The third kappa shape index (κ3) is 3.49. The number of aryl methyl sites for hydroxylation is 1. The Morgan fingerprint density at radius 1 is 1.29 bits per heavy atom. The molecule has 3 aromatic rings. The highest BCUT2D eigenvalue weighted by Gasteiger charge is 2.30.